The summed E-state index contributed by atoms with van der Waals surface area (Å²) in [7, 11) is 1.83. The van der Waals surface area contributed by atoms with Crippen molar-refractivity contribution in [3.63, 3.8) is 0 Å². The second-order valence-electron chi connectivity index (χ2n) is 3.55. The highest BCUT2D eigenvalue weighted by molar-refractivity contribution is 5.84. The van der Waals surface area contributed by atoms with Gasteiger partial charge < -0.3 is 5.32 Å². The summed E-state index contributed by atoms with van der Waals surface area (Å²) < 4.78 is 0. The molecule has 0 heterocycles. The molecule has 0 aliphatic heterocycles. The smallest absolute Gasteiger partial charge is 0.121 e. The van der Waals surface area contributed by atoms with Gasteiger partial charge in [-0.25, -0.2) is 0 Å². The minimum atomic E-state index is 0.529. The number of nitrogens with zero attached hydrogens (tertiary/aromatic N) is 2. The number of nitrogens with one attached hydrogen (secondary N) is 2. The maximum absolute atomic E-state index is 4.39. The Kier molecular flexibility index (Phi) is 5.51. The van der Waals surface area contributed by atoms with Gasteiger partial charge in [0.15, 0.2) is 0 Å². The van der Waals surface area contributed by atoms with E-state index in [-0.39, 0.29) is 0 Å². The van der Waals surface area contributed by atoms with Crippen LogP contribution in [0.4, 0.5) is 0 Å². The Morgan fingerprint density at radius 3 is 2.59 bits per heavy atom. The van der Waals surface area contributed by atoms with Gasteiger partial charge in [0.2, 0.25) is 0 Å². The van der Waals surface area contributed by atoms with Gasteiger partial charge in [0.05, 0.1) is 6.54 Å². The number of hydrazone groups is 1. The van der Waals surface area contributed by atoms with Crippen LogP contribution in [0.1, 0.15) is 5.56 Å². The number of aliphatic imine (C=N–C) groups is 1. The molecule has 2 N–H and O–H groups in total. The number of amidine groups is 1. The molecule has 4 heteroatoms. The van der Waals surface area contributed by atoms with E-state index >= 15 is 0 Å². The van der Waals surface area contributed by atoms with E-state index in [0.717, 1.165) is 11.5 Å². The Balaban J connectivity index is 2.66. The number of hydrogen-bond acceptors (Lipinski definition) is 3. The fourth-order valence-corrected chi connectivity index (χ4v) is 1.28. The fraction of sp³-hybridized carbons (Fsp3) is 0.231. The molecule has 17 heavy (non-hydrogen) atoms. The van der Waals surface area contributed by atoms with Gasteiger partial charge in [-0.3, -0.25) is 10.4 Å². The van der Waals surface area contributed by atoms with Gasteiger partial charge in [0, 0.05) is 25.9 Å². The van der Waals surface area contributed by atoms with Gasteiger partial charge in [-0.2, -0.15) is 5.10 Å². The van der Waals surface area contributed by atoms with Gasteiger partial charge in [0.1, 0.15) is 5.84 Å². The molecule has 1 aromatic rings. The van der Waals surface area contributed by atoms with E-state index in [4.69, 9.17) is 0 Å². The van der Waals surface area contributed by atoms with E-state index in [1.807, 2.05) is 37.4 Å². The Labute approximate surface area is 102 Å². The molecule has 90 valence electrons. The van der Waals surface area contributed by atoms with Crippen LogP contribution in [0.3, 0.4) is 0 Å². The van der Waals surface area contributed by atoms with Crippen LogP contribution < -0.4 is 10.7 Å². The van der Waals surface area contributed by atoms with Crippen molar-refractivity contribution < 1.29 is 0 Å². The molecule has 0 aliphatic rings. The molecule has 1 rings (SSSR count). The molecule has 0 aromatic heterocycles. The van der Waals surface area contributed by atoms with Gasteiger partial charge in [-0.05, 0) is 5.56 Å². The average Bonchev–Trinajstić information content (AvgIpc) is 2.37. The SMILES string of the molecule is C=NNC(Cc1ccccc1)=NCC(=C)NC. The van der Waals surface area contributed by atoms with Gasteiger partial charge in [-0.1, -0.05) is 36.9 Å². The number of rotatable bonds is 6. The van der Waals surface area contributed by atoms with Crippen LogP contribution in [0, 0.1) is 0 Å². The van der Waals surface area contributed by atoms with Crippen LogP contribution in [0.5, 0.6) is 0 Å². The molecule has 0 atom stereocenters. The van der Waals surface area contributed by atoms with Gasteiger partial charge >= 0.3 is 0 Å². The van der Waals surface area contributed by atoms with E-state index < -0.39 is 0 Å². The highest BCUT2D eigenvalue weighted by Crippen LogP contribution is 2.00. The molecule has 4 nitrogen and oxygen atoms in total. The zero-order valence-electron chi connectivity index (χ0n) is 10.1. The molecule has 0 saturated carbocycles. The number of likely N-dealkylation sites (N-methyl/N-ethyl adjacent to an activating group) is 1. The normalized spacial score (nSPS) is 10.8. The monoisotopic (exact) mass is 230 g/mol. The highest BCUT2D eigenvalue weighted by atomic mass is 15.3. The predicted octanol–water partition coefficient (Wildman–Crippen LogP) is 1.57. The summed E-state index contributed by atoms with van der Waals surface area (Å²) in [6.07, 6.45) is 0.705. The van der Waals surface area contributed by atoms with Crippen molar-refractivity contribution in [1.29, 1.82) is 0 Å². The molecule has 0 aliphatic carbocycles. The number of hydrogen-bond donors (Lipinski definition) is 2. The van der Waals surface area contributed by atoms with Crippen LogP contribution in [0.15, 0.2) is 52.7 Å². The van der Waals surface area contributed by atoms with Crippen LogP contribution in [0.25, 0.3) is 0 Å². The molecule has 0 bridgehead atoms. The van der Waals surface area contributed by atoms with Crippen molar-refractivity contribution in [3.05, 3.63) is 48.2 Å². The summed E-state index contributed by atoms with van der Waals surface area (Å²) in [5.41, 5.74) is 4.85. The molecular formula is C13H18N4. The Hall–Kier alpha value is -2.10. The lowest BCUT2D eigenvalue weighted by molar-refractivity contribution is 0.909. The van der Waals surface area contributed by atoms with Crippen molar-refractivity contribution >= 4 is 12.6 Å². The molecular weight excluding hydrogens is 212 g/mol. The fourth-order valence-electron chi connectivity index (χ4n) is 1.28. The zero-order chi connectivity index (χ0) is 12.5. The third-order valence-electron chi connectivity index (χ3n) is 2.24. The van der Waals surface area contributed by atoms with Crippen LogP contribution >= 0.6 is 0 Å². The van der Waals surface area contributed by atoms with E-state index in [2.05, 4.69) is 34.1 Å². The van der Waals surface area contributed by atoms with Crippen LogP contribution in [-0.4, -0.2) is 26.1 Å². The zero-order valence-corrected chi connectivity index (χ0v) is 10.1. The maximum Gasteiger partial charge on any atom is 0.121 e. The molecule has 0 fully saturated rings. The Morgan fingerprint density at radius 1 is 1.29 bits per heavy atom. The molecule has 0 spiro atoms. The first-order valence-electron chi connectivity index (χ1n) is 5.40. The van der Waals surface area contributed by atoms with E-state index in [0.29, 0.717) is 13.0 Å². The van der Waals surface area contributed by atoms with E-state index in [9.17, 15) is 0 Å². The summed E-state index contributed by atoms with van der Waals surface area (Å²) in [6.45, 7) is 7.76. The summed E-state index contributed by atoms with van der Waals surface area (Å²) in [5, 5.41) is 6.61. The third-order valence-corrected chi connectivity index (χ3v) is 2.24. The largest absolute Gasteiger partial charge is 0.390 e. The average molecular weight is 230 g/mol. The van der Waals surface area contributed by atoms with Gasteiger partial charge in [-0.15, -0.1) is 0 Å². The topological polar surface area (TPSA) is 48.8 Å². The second-order valence-corrected chi connectivity index (χ2v) is 3.55. The Bertz CT molecular complexity index is 395. The van der Waals surface area contributed by atoms with Crippen molar-refractivity contribution in [2.45, 2.75) is 6.42 Å². The summed E-state index contributed by atoms with van der Waals surface area (Å²) in [5.74, 6) is 0.780. The van der Waals surface area contributed by atoms with Crippen molar-refractivity contribution in [1.82, 2.24) is 10.7 Å². The maximum atomic E-state index is 4.39. The first-order valence-corrected chi connectivity index (χ1v) is 5.40. The minimum Gasteiger partial charge on any atom is -0.390 e. The minimum absolute atomic E-state index is 0.529. The highest BCUT2D eigenvalue weighted by Gasteiger charge is 2.00. The van der Waals surface area contributed by atoms with Crippen molar-refractivity contribution in [2.24, 2.45) is 10.1 Å². The molecule has 0 saturated heterocycles. The summed E-state index contributed by atoms with van der Waals surface area (Å²) >= 11 is 0. The molecule has 1 aromatic carbocycles. The van der Waals surface area contributed by atoms with E-state index in [1.165, 1.54) is 5.56 Å². The number of benzene rings is 1. The first-order chi connectivity index (χ1) is 8.26. The predicted molar refractivity (Wildman–Crippen MR) is 73.3 cm³/mol. The van der Waals surface area contributed by atoms with Crippen molar-refractivity contribution in [3.8, 4) is 0 Å². The summed E-state index contributed by atoms with van der Waals surface area (Å²) in [6, 6.07) is 10.1. The lowest BCUT2D eigenvalue weighted by Crippen LogP contribution is -2.21. The van der Waals surface area contributed by atoms with Gasteiger partial charge in [0.25, 0.3) is 0 Å². The molecule has 0 unspecified atom stereocenters. The summed E-state index contributed by atoms with van der Waals surface area (Å²) in [4.78, 5) is 4.39. The second kappa shape index (κ2) is 7.22. The van der Waals surface area contributed by atoms with Crippen molar-refractivity contribution in [2.75, 3.05) is 13.6 Å². The Morgan fingerprint density at radius 2 is 2.00 bits per heavy atom. The standard InChI is InChI=1S/C13H18N4/c1-11(14-2)10-16-13(17-15-3)9-12-7-5-4-6-8-12/h4-8,14H,1,3,9-10H2,2H3,(H,16,17). The van der Waals surface area contributed by atoms with E-state index in [1.54, 1.807) is 0 Å². The first kappa shape index (κ1) is 13.0. The molecule has 0 radical (unpaired) electrons. The lowest BCUT2D eigenvalue weighted by atomic mass is 10.1. The molecule has 0 amide bonds. The van der Waals surface area contributed by atoms with Crippen LogP contribution in [-0.2, 0) is 6.42 Å². The quantitative estimate of drug-likeness (QED) is 0.443. The third kappa shape index (κ3) is 4.97. The lowest BCUT2D eigenvalue weighted by Gasteiger charge is -2.07. The van der Waals surface area contributed by atoms with Crippen LogP contribution in [0.2, 0.25) is 0 Å².